The molecule has 0 saturated heterocycles. The fourth-order valence-electron chi connectivity index (χ4n) is 2.03. The van der Waals surface area contributed by atoms with Crippen molar-refractivity contribution >= 4 is 20.3 Å². The average Bonchev–Trinajstić information content (AvgIpc) is 2.62. The van der Waals surface area contributed by atoms with Crippen LogP contribution in [-0.2, 0) is 0 Å². The van der Waals surface area contributed by atoms with Crippen LogP contribution in [-0.4, -0.2) is 54.3 Å². The Morgan fingerprint density at radius 1 is 0.880 bits per heavy atom. The van der Waals surface area contributed by atoms with E-state index in [0.717, 1.165) is 0 Å². The molecule has 0 aromatic heterocycles. The number of aliphatic hydroxyl groups excluding tert-OH is 1. The van der Waals surface area contributed by atoms with Crippen LogP contribution >= 0.6 is 0 Å². The Labute approximate surface area is 146 Å². The molecule has 0 aliphatic rings. The Kier molecular flexibility index (Phi) is 7.62. The minimum Gasteiger partial charge on any atom is -0.539 e. The Balaban J connectivity index is 1.67. The van der Waals surface area contributed by atoms with Crippen molar-refractivity contribution in [3.05, 3.63) is 48.5 Å². The van der Waals surface area contributed by atoms with Crippen LogP contribution in [0.25, 0.3) is 0 Å². The third kappa shape index (κ3) is 6.67. The molecule has 0 amide bonds. The summed E-state index contributed by atoms with van der Waals surface area (Å²) in [5.41, 5.74) is 0.372. The van der Waals surface area contributed by atoms with E-state index in [1.165, 1.54) is 0 Å². The molecule has 2 aromatic carbocycles. The highest BCUT2D eigenvalue weighted by molar-refractivity contribution is 6.58. The van der Waals surface area contributed by atoms with Crippen molar-refractivity contribution in [1.82, 2.24) is 0 Å². The van der Waals surface area contributed by atoms with Gasteiger partial charge in [-0.05, 0) is 41.9 Å². The summed E-state index contributed by atoms with van der Waals surface area (Å²) < 4.78 is 15.9. The van der Waals surface area contributed by atoms with Gasteiger partial charge in [0.25, 0.3) is 0 Å². The minimum absolute atomic E-state index is 0.105. The lowest BCUT2D eigenvalue weighted by Gasteiger charge is -2.13. The number of hydrogen-bond donors (Lipinski definition) is 4. The number of ether oxygens (including phenoxy) is 2. The van der Waals surface area contributed by atoms with Crippen LogP contribution in [0.15, 0.2) is 48.5 Å². The van der Waals surface area contributed by atoms with E-state index in [1.807, 2.05) is 0 Å². The first-order valence-corrected chi connectivity index (χ1v) is 7.82. The van der Waals surface area contributed by atoms with Gasteiger partial charge in [0.1, 0.15) is 23.9 Å². The summed E-state index contributed by atoms with van der Waals surface area (Å²) in [5.74, 6) is 1.71. The van der Waals surface area contributed by atoms with Gasteiger partial charge in [0, 0.05) is 6.42 Å². The quantitative estimate of drug-likeness (QED) is 0.418. The van der Waals surface area contributed by atoms with Gasteiger partial charge in [-0.2, -0.15) is 0 Å². The SMILES string of the molecule is OBOc1ccc(OCCC(O)COc2ccc(B(O)O)cc2)cc1. The molecule has 0 fully saturated rings. The summed E-state index contributed by atoms with van der Waals surface area (Å²) in [6, 6.07) is 13.1. The molecule has 2 aromatic rings. The van der Waals surface area contributed by atoms with Crippen molar-refractivity contribution in [2.75, 3.05) is 13.2 Å². The van der Waals surface area contributed by atoms with E-state index in [-0.39, 0.29) is 14.3 Å². The van der Waals surface area contributed by atoms with Gasteiger partial charge < -0.3 is 34.3 Å². The van der Waals surface area contributed by atoms with Gasteiger partial charge >= 0.3 is 14.8 Å². The highest BCUT2D eigenvalue weighted by Gasteiger charge is 2.11. The highest BCUT2D eigenvalue weighted by Crippen LogP contribution is 2.17. The molecule has 132 valence electrons. The highest BCUT2D eigenvalue weighted by atomic mass is 16.5. The Bertz CT molecular complexity index is 619. The van der Waals surface area contributed by atoms with E-state index in [4.69, 9.17) is 29.2 Å². The summed E-state index contributed by atoms with van der Waals surface area (Å²) in [5, 5.41) is 36.6. The largest absolute Gasteiger partial charge is 0.539 e. The fraction of sp³-hybridized carbons (Fsp3) is 0.250. The topological polar surface area (TPSA) is 109 Å². The van der Waals surface area contributed by atoms with Crippen molar-refractivity contribution in [3.63, 3.8) is 0 Å². The number of rotatable bonds is 10. The Hall–Kier alpha value is -2.19. The van der Waals surface area contributed by atoms with Crippen molar-refractivity contribution in [3.8, 4) is 17.2 Å². The maximum atomic E-state index is 9.91. The lowest BCUT2D eigenvalue weighted by atomic mass is 9.80. The first kappa shape index (κ1) is 19.1. The smallest absolute Gasteiger partial charge is 0.504 e. The number of benzene rings is 2. The van der Waals surface area contributed by atoms with E-state index >= 15 is 0 Å². The average molecular weight is 346 g/mol. The predicted octanol–water partition coefficient (Wildman–Crippen LogP) is -0.787. The molecule has 0 radical (unpaired) electrons. The minimum atomic E-state index is -1.51. The van der Waals surface area contributed by atoms with Gasteiger partial charge in [0.2, 0.25) is 0 Å². The number of hydrogen-bond acceptors (Lipinski definition) is 7. The van der Waals surface area contributed by atoms with Gasteiger partial charge in [0.15, 0.2) is 0 Å². The molecule has 1 atom stereocenters. The zero-order valence-electron chi connectivity index (χ0n) is 13.6. The van der Waals surface area contributed by atoms with Crippen LogP contribution in [0.3, 0.4) is 0 Å². The zero-order chi connectivity index (χ0) is 18.1. The summed E-state index contributed by atoms with van der Waals surface area (Å²) in [4.78, 5) is 0. The van der Waals surface area contributed by atoms with Gasteiger partial charge in [0.05, 0.1) is 12.7 Å². The molecule has 0 spiro atoms. The zero-order valence-corrected chi connectivity index (χ0v) is 13.6. The monoisotopic (exact) mass is 346 g/mol. The van der Waals surface area contributed by atoms with Crippen molar-refractivity contribution in [2.24, 2.45) is 0 Å². The van der Waals surface area contributed by atoms with Crippen LogP contribution in [0.4, 0.5) is 0 Å². The normalized spacial score (nSPS) is 11.5. The molecular formula is C16H20B2O7. The maximum Gasteiger partial charge on any atom is 0.504 e. The Morgan fingerprint density at radius 2 is 1.44 bits per heavy atom. The van der Waals surface area contributed by atoms with E-state index in [0.29, 0.717) is 35.7 Å². The molecule has 25 heavy (non-hydrogen) atoms. The lowest BCUT2D eigenvalue weighted by Crippen LogP contribution is -2.29. The van der Waals surface area contributed by atoms with Crippen molar-refractivity contribution in [2.45, 2.75) is 12.5 Å². The van der Waals surface area contributed by atoms with Crippen molar-refractivity contribution in [1.29, 1.82) is 0 Å². The third-order valence-corrected chi connectivity index (χ3v) is 3.40. The molecule has 1 unspecified atom stereocenters. The predicted molar refractivity (Wildman–Crippen MR) is 94.3 cm³/mol. The van der Waals surface area contributed by atoms with Gasteiger partial charge in [-0.15, -0.1) is 0 Å². The molecule has 4 N–H and O–H groups in total. The molecule has 0 aliphatic carbocycles. The molecule has 7 nitrogen and oxygen atoms in total. The van der Waals surface area contributed by atoms with Gasteiger partial charge in [-0.3, -0.25) is 0 Å². The summed E-state index contributed by atoms with van der Waals surface area (Å²) in [6.45, 7) is 0.425. The van der Waals surface area contributed by atoms with Crippen LogP contribution in [0, 0.1) is 0 Å². The van der Waals surface area contributed by atoms with Crippen LogP contribution in [0.1, 0.15) is 6.42 Å². The molecule has 0 aliphatic heterocycles. The fourth-order valence-corrected chi connectivity index (χ4v) is 2.03. The molecule has 0 saturated carbocycles. The third-order valence-electron chi connectivity index (χ3n) is 3.40. The van der Waals surface area contributed by atoms with Crippen LogP contribution in [0.2, 0.25) is 0 Å². The first-order valence-electron chi connectivity index (χ1n) is 7.82. The molecular weight excluding hydrogens is 326 g/mol. The van der Waals surface area contributed by atoms with E-state index < -0.39 is 13.2 Å². The molecule has 0 bridgehead atoms. The van der Waals surface area contributed by atoms with E-state index in [9.17, 15) is 5.11 Å². The summed E-state index contributed by atoms with van der Waals surface area (Å²) in [6.07, 6.45) is -0.303. The van der Waals surface area contributed by atoms with Gasteiger partial charge in [-0.25, -0.2) is 0 Å². The van der Waals surface area contributed by atoms with Crippen molar-refractivity contribution < 1.29 is 34.3 Å². The number of aliphatic hydroxyl groups is 1. The molecule has 2 rings (SSSR count). The Morgan fingerprint density at radius 3 is 2.04 bits per heavy atom. The second-order valence-electron chi connectivity index (χ2n) is 5.29. The summed E-state index contributed by atoms with van der Waals surface area (Å²) in [7, 11) is -1.89. The van der Waals surface area contributed by atoms with Crippen LogP contribution < -0.4 is 19.6 Å². The van der Waals surface area contributed by atoms with Gasteiger partial charge in [-0.1, -0.05) is 12.1 Å². The maximum absolute atomic E-state index is 9.91. The lowest BCUT2D eigenvalue weighted by molar-refractivity contribution is 0.0858. The molecule has 0 heterocycles. The summed E-state index contributed by atoms with van der Waals surface area (Å²) >= 11 is 0. The second kappa shape index (κ2) is 9.95. The standard InChI is InChI=1S/C16H20B2O7/c19-13(11-24-15-3-1-12(2-4-15)18(21)22)9-10-23-14-5-7-16(8-6-14)25-17-20/h1-8,13,17,19-22H,9-11H2. The van der Waals surface area contributed by atoms with E-state index in [1.54, 1.807) is 48.5 Å². The second-order valence-corrected chi connectivity index (χ2v) is 5.29. The van der Waals surface area contributed by atoms with E-state index in [2.05, 4.69) is 0 Å². The van der Waals surface area contributed by atoms with Crippen LogP contribution in [0.5, 0.6) is 17.2 Å². The molecule has 9 heteroatoms. The first-order chi connectivity index (χ1) is 12.1.